The number of rotatable bonds is 8. The molecule has 0 aliphatic heterocycles. The standard InChI is InChI=1S/C33H37F3N4O7/c1-38(2)21-12-18(14-40(15-32(34,35)36)13-16-8-6-5-7-9-16)26(41)23-19(21)10-17-11-20-25(39(3)4)28(43)24(31(37)46)30(45)33(20,47)29(44)22(17)27(23)42/h5-9,12,17,20,25,41-42,45,47H,10-11,13-15H2,1-4H3,(H2,37,46)/t17-,20-,25-,33-/m0/s1. The molecule has 3 aliphatic carbocycles. The number of fused-ring (bicyclic) bond motifs is 3. The van der Waals surface area contributed by atoms with Crippen LogP contribution in [0.5, 0.6) is 5.75 Å². The summed E-state index contributed by atoms with van der Waals surface area (Å²) in [6, 6.07) is 8.81. The van der Waals surface area contributed by atoms with E-state index in [1.165, 1.54) is 19.0 Å². The molecule has 14 heteroatoms. The smallest absolute Gasteiger partial charge is 0.401 e. The van der Waals surface area contributed by atoms with Crippen molar-refractivity contribution >= 4 is 28.9 Å². The lowest BCUT2D eigenvalue weighted by molar-refractivity contribution is -0.154. The molecule has 0 saturated heterocycles. The van der Waals surface area contributed by atoms with E-state index < -0.39 is 76.5 Å². The zero-order chi connectivity index (χ0) is 34.7. The molecule has 6 N–H and O–H groups in total. The monoisotopic (exact) mass is 658 g/mol. The summed E-state index contributed by atoms with van der Waals surface area (Å²) in [5.74, 6) is -7.85. The molecule has 1 saturated carbocycles. The number of aromatic hydroxyl groups is 1. The lowest BCUT2D eigenvalue weighted by Crippen LogP contribution is -2.65. The van der Waals surface area contributed by atoms with E-state index in [-0.39, 0.29) is 42.6 Å². The van der Waals surface area contributed by atoms with Gasteiger partial charge in [-0.2, -0.15) is 13.2 Å². The van der Waals surface area contributed by atoms with Crippen molar-refractivity contribution in [3.8, 4) is 5.75 Å². The Bertz CT molecular complexity index is 1700. The largest absolute Gasteiger partial charge is 0.508 e. The third-order valence-electron chi connectivity index (χ3n) is 9.30. The molecule has 2 aromatic carbocycles. The maximum absolute atomic E-state index is 14.2. The van der Waals surface area contributed by atoms with Gasteiger partial charge in [0.2, 0.25) is 5.78 Å². The van der Waals surface area contributed by atoms with Crippen LogP contribution in [0.4, 0.5) is 18.9 Å². The van der Waals surface area contributed by atoms with E-state index in [1.54, 1.807) is 55.4 Å². The molecule has 0 bridgehead atoms. The highest BCUT2D eigenvalue weighted by atomic mass is 19.4. The summed E-state index contributed by atoms with van der Waals surface area (Å²) in [5.41, 5.74) is 2.66. The number of aliphatic hydroxyl groups is 3. The van der Waals surface area contributed by atoms with Gasteiger partial charge in [-0.1, -0.05) is 30.3 Å². The van der Waals surface area contributed by atoms with Crippen molar-refractivity contribution in [3.05, 3.63) is 75.6 Å². The number of benzene rings is 2. The van der Waals surface area contributed by atoms with Crippen molar-refractivity contribution < 1.29 is 48.0 Å². The average molecular weight is 659 g/mol. The Kier molecular flexibility index (Phi) is 8.67. The van der Waals surface area contributed by atoms with E-state index in [4.69, 9.17) is 5.73 Å². The Balaban J connectivity index is 1.66. The molecule has 4 atom stereocenters. The van der Waals surface area contributed by atoms with Crippen molar-refractivity contribution in [2.24, 2.45) is 17.6 Å². The summed E-state index contributed by atoms with van der Waals surface area (Å²) in [7, 11) is 6.39. The van der Waals surface area contributed by atoms with E-state index in [9.17, 15) is 48.0 Å². The maximum Gasteiger partial charge on any atom is 0.401 e. The molecule has 5 rings (SSSR count). The molecule has 11 nitrogen and oxygen atoms in total. The topological polar surface area (TPSA) is 168 Å². The summed E-state index contributed by atoms with van der Waals surface area (Å²) >= 11 is 0. The van der Waals surface area contributed by atoms with Gasteiger partial charge in [-0.05, 0) is 50.0 Å². The number of nitrogens with two attached hydrogens (primary N) is 1. The van der Waals surface area contributed by atoms with Gasteiger partial charge in [0.1, 0.15) is 22.8 Å². The number of aliphatic hydroxyl groups excluding tert-OH is 2. The molecular formula is C33H37F3N4O7. The van der Waals surface area contributed by atoms with Gasteiger partial charge in [-0.15, -0.1) is 0 Å². The molecule has 0 unspecified atom stereocenters. The Morgan fingerprint density at radius 3 is 2.23 bits per heavy atom. The van der Waals surface area contributed by atoms with Crippen LogP contribution >= 0.6 is 0 Å². The highest BCUT2D eigenvalue weighted by Crippen LogP contribution is 2.54. The van der Waals surface area contributed by atoms with Crippen LogP contribution in [0, 0.1) is 11.8 Å². The zero-order valence-electron chi connectivity index (χ0n) is 26.3. The highest BCUT2D eigenvalue weighted by molar-refractivity contribution is 6.24. The predicted octanol–water partition coefficient (Wildman–Crippen LogP) is 2.59. The van der Waals surface area contributed by atoms with Gasteiger partial charge in [0.05, 0.1) is 18.2 Å². The Labute approximate surface area is 269 Å². The van der Waals surface area contributed by atoms with E-state index in [2.05, 4.69) is 0 Å². The van der Waals surface area contributed by atoms with E-state index in [1.807, 2.05) is 0 Å². The fraction of sp³-hybridized carbons (Fsp3) is 0.424. The number of hydrogen-bond donors (Lipinski definition) is 5. The van der Waals surface area contributed by atoms with E-state index in [0.717, 1.165) is 4.90 Å². The number of alkyl halides is 3. The number of ketones is 2. The fourth-order valence-corrected chi connectivity index (χ4v) is 7.37. The van der Waals surface area contributed by atoms with Crippen molar-refractivity contribution in [2.45, 2.75) is 43.8 Å². The molecule has 3 aliphatic rings. The SMILES string of the molecule is CN(C)c1cc(CN(Cc2ccccc2)CC(F)(F)F)c(O)c2c1C[C@H]1C[C@H]3[C@H](N(C)C)C(=O)C(C(N)=O)=C(O)[C@@]3(O)C(=O)C1=C2O. The van der Waals surface area contributed by atoms with E-state index in [0.29, 0.717) is 16.8 Å². The van der Waals surface area contributed by atoms with Gasteiger partial charge >= 0.3 is 6.18 Å². The van der Waals surface area contributed by atoms with E-state index >= 15 is 0 Å². The zero-order valence-corrected chi connectivity index (χ0v) is 26.3. The second-order valence-electron chi connectivity index (χ2n) is 12.9. The fourth-order valence-electron chi connectivity index (χ4n) is 7.37. The minimum atomic E-state index is -4.56. The Morgan fingerprint density at radius 1 is 1.04 bits per heavy atom. The summed E-state index contributed by atoms with van der Waals surface area (Å²) < 4.78 is 41.0. The lowest BCUT2D eigenvalue weighted by Gasteiger charge is -2.50. The van der Waals surface area contributed by atoms with Crippen LogP contribution in [0.25, 0.3) is 5.76 Å². The molecule has 0 spiro atoms. The molecular weight excluding hydrogens is 621 g/mol. The van der Waals surface area contributed by atoms with Gasteiger partial charge in [0.15, 0.2) is 11.4 Å². The Hall–Kier alpha value is -4.40. The minimum absolute atomic E-state index is 0.0478. The quantitative estimate of drug-likeness (QED) is 0.266. The lowest BCUT2D eigenvalue weighted by atomic mass is 9.57. The molecule has 0 aromatic heterocycles. The van der Waals surface area contributed by atoms with Gasteiger partial charge in [0.25, 0.3) is 5.91 Å². The third kappa shape index (κ3) is 5.74. The van der Waals surface area contributed by atoms with Crippen LogP contribution in [0.3, 0.4) is 0 Å². The van der Waals surface area contributed by atoms with Crippen molar-refractivity contribution in [1.29, 1.82) is 0 Å². The normalized spacial score (nSPS) is 24.4. The van der Waals surface area contributed by atoms with Crippen LogP contribution < -0.4 is 10.6 Å². The highest BCUT2D eigenvalue weighted by Gasteiger charge is 2.64. The first-order valence-electron chi connectivity index (χ1n) is 14.9. The summed E-state index contributed by atoms with van der Waals surface area (Å²) in [4.78, 5) is 43.9. The molecule has 0 heterocycles. The van der Waals surface area contributed by atoms with Gasteiger partial charge in [-0.3, -0.25) is 24.2 Å². The number of phenolic OH excluding ortho intramolecular Hbond substituents is 1. The van der Waals surface area contributed by atoms with Crippen LogP contribution in [-0.4, -0.2) is 100 Å². The number of hydrogen-bond acceptors (Lipinski definition) is 10. The molecule has 2 aromatic rings. The first kappa shape index (κ1) is 33.9. The first-order chi connectivity index (χ1) is 21.9. The number of Topliss-reactive ketones (excluding diaryl/α,β-unsaturated/α-hetero) is 2. The maximum atomic E-state index is 14.2. The molecule has 1 fully saturated rings. The van der Waals surface area contributed by atoms with Crippen molar-refractivity contribution in [1.82, 2.24) is 9.80 Å². The predicted molar refractivity (Wildman–Crippen MR) is 165 cm³/mol. The Morgan fingerprint density at radius 2 is 1.68 bits per heavy atom. The van der Waals surface area contributed by atoms with Gasteiger partial charge < -0.3 is 31.1 Å². The van der Waals surface area contributed by atoms with Gasteiger partial charge in [-0.25, -0.2) is 0 Å². The number of carbonyl (C=O) groups is 3. The van der Waals surface area contributed by atoms with Crippen LogP contribution in [0.15, 0.2) is 53.3 Å². The van der Waals surface area contributed by atoms with Crippen LogP contribution in [0.2, 0.25) is 0 Å². The number of anilines is 1. The van der Waals surface area contributed by atoms with Crippen molar-refractivity contribution in [3.63, 3.8) is 0 Å². The molecule has 1 amide bonds. The number of likely N-dealkylation sites (N-methyl/N-ethyl adjacent to an activating group) is 1. The number of phenols is 1. The summed E-state index contributed by atoms with van der Waals surface area (Å²) in [5, 5.41) is 46.1. The minimum Gasteiger partial charge on any atom is -0.508 e. The van der Waals surface area contributed by atoms with Crippen molar-refractivity contribution in [2.75, 3.05) is 39.6 Å². The van der Waals surface area contributed by atoms with Gasteiger partial charge in [0, 0.05) is 49.9 Å². The molecule has 0 radical (unpaired) electrons. The summed E-state index contributed by atoms with van der Waals surface area (Å²) in [6.07, 6.45) is -4.60. The van der Waals surface area contributed by atoms with Crippen LogP contribution in [0.1, 0.15) is 28.7 Å². The molecule has 252 valence electrons. The number of nitrogens with zero attached hydrogens (tertiary/aromatic N) is 3. The second-order valence-corrected chi connectivity index (χ2v) is 12.9. The average Bonchev–Trinajstić information content (AvgIpc) is 2.95. The number of primary amides is 1. The van der Waals surface area contributed by atoms with Crippen LogP contribution in [-0.2, 0) is 33.9 Å². The number of carbonyl (C=O) groups excluding carboxylic acids is 3. The first-order valence-corrected chi connectivity index (χ1v) is 14.9. The molecule has 47 heavy (non-hydrogen) atoms. The number of halogens is 3. The summed E-state index contributed by atoms with van der Waals surface area (Å²) in [6.45, 7) is -1.77. The third-order valence-corrected chi connectivity index (χ3v) is 9.30. The second kappa shape index (κ2) is 12.0. The number of amides is 1.